The van der Waals surface area contributed by atoms with Gasteiger partial charge >= 0.3 is 5.97 Å². The van der Waals surface area contributed by atoms with E-state index in [0.29, 0.717) is 17.5 Å². The van der Waals surface area contributed by atoms with E-state index in [1.165, 1.54) is 12.8 Å². The zero-order valence-corrected chi connectivity index (χ0v) is 11.7. The van der Waals surface area contributed by atoms with Gasteiger partial charge in [-0.25, -0.2) is 4.79 Å². The highest BCUT2D eigenvalue weighted by atomic mass is 16.5. The van der Waals surface area contributed by atoms with Crippen molar-refractivity contribution in [3.05, 3.63) is 23.0 Å². The van der Waals surface area contributed by atoms with Gasteiger partial charge in [0.15, 0.2) is 0 Å². The van der Waals surface area contributed by atoms with Gasteiger partial charge in [0.2, 0.25) is 0 Å². The van der Waals surface area contributed by atoms with Crippen molar-refractivity contribution in [2.24, 2.45) is 0 Å². The maximum absolute atomic E-state index is 11.7. The predicted molar refractivity (Wildman–Crippen MR) is 69.6 cm³/mol. The van der Waals surface area contributed by atoms with E-state index in [0.717, 1.165) is 12.1 Å². The summed E-state index contributed by atoms with van der Waals surface area (Å²) in [5.74, 6) is 0.209. The molecule has 17 heavy (non-hydrogen) atoms. The number of ether oxygens (including phenoxy) is 1. The summed E-state index contributed by atoms with van der Waals surface area (Å²) in [6, 6.07) is 2.34. The zero-order chi connectivity index (χ0) is 13.2. The van der Waals surface area contributed by atoms with Crippen LogP contribution in [0.4, 0.5) is 0 Å². The number of methoxy groups -OCH3 is 1. The highest BCUT2D eigenvalue weighted by Gasteiger charge is 2.21. The van der Waals surface area contributed by atoms with Gasteiger partial charge in [-0.1, -0.05) is 13.8 Å². The molecule has 0 N–H and O–H groups in total. The van der Waals surface area contributed by atoms with E-state index in [9.17, 15) is 4.79 Å². The normalized spacial score (nSPS) is 12.9. The lowest BCUT2D eigenvalue weighted by Crippen LogP contribution is -2.10. The summed E-state index contributed by atoms with van der Waals surface area (Å²) in [5, 5.41) is 0. The van der Waals surface area contributed by atoms with Crippen LogP contribution in [0, 0.1) is 6.92 Å². The van der Waals surface area contributed by atoms with Gasteiger partial charge in [0.05, 0.1) is 12.7 Å². The van der Waals surface area contributed by atoms with Crippen LogP contribution in [0.3, 0.4) is 0 Å². The molecule has 1 aromatic rings. The van der Waals surface area contributed by atoms with Gasteiger partial charge in [0.25, 0.3) is 0 Å². The average Bonchev–Trinajstić information content (AvgIpc) is 2.65. The van der Waals surface area contributed by atoms with Crippen molar-refractivity contribution < 1.29 is 9.53 Å². The Morgan fingerprint density at radius 3 is 2.41 bits per heavy atom. The second-order valence-electron chi connectivity index (χ2n) is 4.83. The standard InChI is InChI=1S/C14H23NO2/c1-7-10(4)13-8-12(14(16)17-6)11(5)15(13)9(2)3/h8-10H,7H2,1-6H3. The molecule has 3 nitrogen and oxygen atoms in total. The summed E-state index contributed by atoms with van der Waals surface area (Å²) >= 11 is 0. The molecule has 3 heteroatoms. The Balaban J connectivity index is 3.34. The van der Waals surface area contributed by atoms with Crippen molar-refractivity contribution in [1.29, 1.82) is 0 Å². The number of carbonyl (C=O) groups is 1. The van der Waals surface area contributed by atoms with Crippen molar-refractivity contribution in [1.82, 2.24) is 4.57 Å². The Morgan fingerprint density at radius 2 is 2.00 bits per heavy atom. The van der Waals surface area contributed by atoms with E-state index in [4.69, 9.17) is 4.74 Å². The van der Waals surface area contributed by atoms with Gasteiger partial charge in [0.1, 0.15) is 0 Å². The summed E-state index contributed by atoms with van der Waals surface area (Å²) in [5.41, 5.74) is 2.92. The fourth-order valence-corrected chi connectivity index (χ4v) is 2.24. The van der Waals surface area contributed by atoms with E-state index in [1.54, 1.807) is 0 Å². The average molecular weight is 237 g/mol. The maximum Gasteiger partial charge on any atom is 0.339 e. The van der Waals surface area contributed by atoms with Crippen molar-refractivity contribution in [3.8, 4) is 0 Å². The molecule has 0 bridgehead atoms. The fraction of sp³-hybridized carbons (Fsp3) is 0.643. The summed E-state index contributed by atoms with van der Waals surface area (Å²) in [4.78, 5) is 11.7. The predicted octanol–water partition coefficient (Wildman–Crippen LogP) is 3.68. The van der Waals surface area contributed by atoms with Crippen molar-refractivity contribution in [2.45, 2.75) is 53.0 Å². The van der Waals surface area contributed by atoms with Crippen molar-refractivity contribution in [2.75, 3.05) is 7.11 Å². The Morgan fingerprint density at radius 1 is 1.41 bits per heavy atom. The first-order valence-electron chi connectivity index (χ1n) is 6.24. The van der Waals surface area contributed by atoms with Crippen LogP contribution in [-0.4, -0.2) is 17.6 Å². The van der Waals surface area contributed by atoms with Gasteiger partial charge in [-0.15, -0.1) is 0 Å². The van der Waals surface area contributed by atoms with E-state index >= 15 is 0 Å². The molecule has 0 aromatic carbocycles. The van der Waals surface area contributed by atoms with Gasteiger partial charge < -0.3 is 9.30 Å². The molecule has 0 aliphatic carbocycles. The van der Waals surface area contributed by atoms with Gasteiger partial charge in [-0.2, -0.15) is 0 Å². The molecule has 0 aliphatic rings. The first kappa shape index (κ1) is 13.8. The monoisotopic (exact) mass is 237 g/mol. The first-order valence-corrected chi connectivity index (χ1v) is 6.24. The highest BCUT2D eigenvalue weighted by Crippen LogP contribution is 2.28. The minimum atomic E-state index is -0.244. The van der Waals surface area contributed by atoms with Crippen LogP contribution in [0.1, 0.15) is 67.8 Å². The van der Waals surface area contributed by atoms with E-state index in [-0.39, 0.29) is 5.97 Å². The molecule has 0 saturated heterocycles. The Bertz CT molecular complexity index is 405. The van der Waals surface area contributed by atoms with Gasteiger partial charge in [-0.3, -0.25) is 0 Å². The molecule has 1 unspecified atom stereocenters. The molecule has 1 atom stereocenters. The Hall–Kier alpha value is -1.25. The van der Waals surface area contributed by atoms with Crippen LogP contribution in [0.5, 0.6) is 0 Å². The van der Waals surface area contributed by atoms with Crippen LogP contribution >= 0.6 is 0 Å². The lowest BCUT2D eigenvalue weighted by Gasteiger charge is -2.19. The Labute approximate surface area is 104 Å². The van der Waals surface area contributed by atoms with Gasteiger partial charge in [-0.05, 0) is 39.2 Å². The molecule has 96 valence electrons. The SMILES string of the molecule is CCC(C)c1cc(C(=O)OC)c(C)n1C(C)C. The molecule has 0 spiro atoms. The largest absolute Gasteiger partial charge is 0.465 e. The maximum atomic E-state index is 11.7. The fourth-order valence-electron chi connectivity index (χ4n) is 2.24. The number of hydrogen-bond donors (Lipinski definition) is 0. The van der Waals surface area contributed by atoms with Crippen LogP contribution in [0.25, 0.3) is 0 Å². The second-order valence-corrected chi connectivity index (χ2v) is 4.83. The second kappa shape index (κ2) is 5.39. The van der Waals surface area contributed by atoms with E-state index in [2.05, 4.69) is 32.3 Å². The van der Waals surface area contributed by atoms with Crippen LogP contribution in [-0.2, 0) is 4.74 Å². The van der Waals surface area contributed by atoms with Crippen molar-refractivity contribution >= 4 is 5.97 Å². The number of rotatable bonds is 4. The summed E-state index contributed by atoms with van der Waals surface area (Å²) in [6.07, 6.45) is 1.07. The molecular formula is C14H23NO2. The Kier molecular flexibility index (Phi) is 4.38. The first-order chi connectivity index (χ1) is 7.93. The minimum Gasteiger partial charge on any atom is -0.465 e. The highest BCUT2D eigenvalue weighted by molar-refractivity contribution is 5.91. The van der Waals surface area contributed by atoms with Crippen LogP contribution in [0.15, 0.2) is 6.07 Å². The van der Waals surface area contributed by atoms with E-state index in [1.807, 2.05) is 13.0 Å². The summed E-state index contributed by atoms with van der Waals surface area (Å²) in [7, 11) is 1.43. The smallest absolute Gasteiger partial charge is 0.339 e. The molecule has 1 rings (SSSR count). The minimum absolute atomic E-state index is 0.244. The lowest BCUT2D eigenvalue weighted by atomic mass is 10.0. The zero-order valence-electron chi connectivity index (χ0n) is 11.7. The summed E-state index contributed by atoms with van der Waals surface area (Å²) < 4.78 is 7.06. The van der Waals surface area contributed by atoms with Crippen LogP contribution < -0.4 is 0 Å². The molecular weight excluding hydrogens is 214 g/mol. The third-order valence-corrected chi connectivity index (χ3v) is 3.36. The molecule has 0 aliphatic heterocycles. The van der Waals surface area contributed by atoms with Crippen LogP contribution in [0.2, 0.25) is 0 Å². The number of hydrogen-bond acceptors (Lipinski definition) is 2. The van der Waals surface area contributed by atoms with Crippen molar-refractivity contribution in [3.63, 3.8) is 0 Å². The quantitative estimate of drug-likeness (QED) is 0.748. The molecule has 1 aromatic heterocycles. The molecule has 0 radical (unpaired) electrons. The van der Waals surface area contributed by atoms with E-state index < -0.39 is 0 Å². The number of esters is 1. The summed E-state index contributed by atoms with van der Waals surface area (Å²) in [6.45, 7) is 10.6. The van der Waals surface area contributed by atoms with Gasteiger partial charge in [0, 0.05) is 17.4 Å². The third-order valence-electron chi connectivity index (χ3n) is 3.36. The molecule has 1 heterocycles. The number of nitrogens with zero attached hydrogens (tertiary/aromatic N) is 1. The lowest BCUT2D eigenvalue weighted by molar-refractivity contribution is 0.0599. The molecule has 0 saturated carbocycles. The number of aromatic nitrogens is 1. The molecule has 0 fully saturated rings. The molecule has 0 amide bonds. The topological polar surface area (TPSA) is 31.2 Å². The third kappa shape index (κ3) is 2.54. The number of carbonyl (C=O) groups excluding carboxylic acids is 1.